The average molecular weight is 192 g/mol. The summed E-state index contributed by atoms with van der Waals surface area (Å²) >= 11 is 0. The van der Waals surface area contributed by atoms with Crippen LogP contribution in [0.1, 0.15) is 25.5 Å². The van der Waals surface area contributed by atoms with Crippen LogP contribution in [0.3, 0.4) is 0 Å². The lowest BCUT2D eigenvalue weighted by atomic mass is 10.1. The molecule has 78 valence electrons. The highest BCUT2D eigenvalue weighted by Crippen LogP contribution is 2.10. The van der Waals surface area contributed by atoms with Crippen molar-refractivity contribution < 1.29 is 0 Å². The maximum Gasteiger partial charge on any atom is 0.0444 e. The van der Waals surface area contributed by atoms with Crippen LogP contribution in [-0.2, 0) is 0 Å². The Bertz CT molecular complexity index is 244. The Morgan fingerprint density at radius 3 is 2.29 bits per heavy atom. The molecule has 0 bridgehead atoms. The molecule has 0 saturated heterocycles. The van der Waals surface area contributed by atoms with Gasteiger partial charge in [0, 0.05) is 18.6 Å². The van der Waals surface area contributed by atoms with Crippen molar-refractivity contribution in [1.82, 2.24) is 10.6 Å². The SMILES string of the molecule is CN[C@H](CNC(C)C)c1ccccc1. The van der Waals surface area contributed by atoms with E-state index in [2.05, 4.69) is 48.7 Å². The molecule has 0 spiro atoms. The molecule has 1 aromatic carbocycles. The van der Waals surface area contributed by atoms with Crippen LogP contribution in [0.2, 0.25) is 0 Å². The van der Waals surface area contributed by atoms with Crippen LogP contribution in [-0.4, -0.2) is 19.6 Å². The number of rotatable bonds is 5. The minimum absolute atomic E-state index is 0.401. The zero-order valence-electron chi connectivity index (χ0n) is 9.25. The molecule has 0 radical (unpaired) electrons. The van der Waals surface area contributed by atoms with Crippen LogP contribution in [0.5, 0.6) is 0 Å². The second-order valence-corrected chi connectivity index (χ2v) is 3.81. The molecular weight excluding hydrogens is 172 g/mol. The number of nitrogens with one attached hydrogen (secondary N) is 2. The van der Waals surface area contributed by atoms with Crippen molar-refractivity contribution in [3.8, 4) is 0 Å². The van der Waals surface area contributed by atoms with Crippen molar-refractivity contribution in [3.63, 3.8) is 0 Å². The molecule has 0 amide bonds. The molecule has 1 rings (SSSR count). The Labute approximate surface area is 86.7 Å². The van der Waals surface area contributed by atoms with E-state index in [4.69, 9.17) is 0 Å². The predicted octanol–water partition coefficient (Wildman–Crippen LogP) is 1.95. The smallest absolute Gasteiger partial charge is 0.0444 e. The van der Waals surface area contributed by atoms with Gasteiger partial charge in [-0.15, -0.1) is 0 Å². The molecule has 2 heteroatoms. The number of hydrogen-bond donors (Lipinski definition) is 2. The summed E-state index contributed by atoms with van der Waals surface area (Å²) in [6, 6.07) is 11.5. The molecule has 0 aromatic heterocycles. The van der Waals surface area contributed by atoms with E-state index in [1.165, 1.54) is 5.56 Å². The molecule has 0 heterocycles. The Kier molecular flexibility index (Phi) is 4.63. The molecule has 0 aliphatic rings. The summed E-state index contributed by atoms with van der Waals surface area (Å²) in [5, 5.41) is 6.74. The van der Waals surface area contributed by atoms with Crippen molar-refractivity contribution in [2.45, 2.75) is 25.9 Å². The summed E-state index contributed by atoms with van der Waals surface area (Å²) in [7, 11) is 2.00. The lowest BCUT2D eigenvalue weighted by molar-refractivity contribution is 0.491. The van der Waals surface area contributed by atoms with E-state index >= 15 is 0 Å². The van der Waals surface area contributed by atoms with Crippen LogP contribution in [0, 0.1) is 0 Å². The van der Waals surface area contributed by atoms with Gasteiger partial charge in [-0.2, -0.15) is 0 Å². The maximum absolute atomic E-state index is 3.43. The Morgan fingerprint density at radius 1 is 1.14 bits per heavy atom. The molecule has 0 unspecified atom stereocenters. The van der Waals surface area contributed by atoms with E-state index in [0.717, 1.165) is 6.54 Å². The van der Waals surface area contributed by atoms with Gasteiger partial charge in [0.05, 0.1) is 0 Å². The average Bonchev–Trinajstić information content (AvgIpc) is 2.20. The minimum atomic E-state index is 0.401. The molecule has 14 heavy (non-hydrogen) atoms. The third kappa shape index (κ3) is 3.48. The first-order chi connectivity index (χ1) is 6.74. The maximum atomic E-state index is 3.43. The van der Waals surface area contributed by atoms with Gasteiger partial charge in [0.2, 0.25) is 0 Å². The van der Waals surface area contributed by atoms with Gasteiger partial charge >= 0.3 is 0 Å². The fraction of sp³-hybridized carbons (Fsp3) is 0.500. The zero-order valence-corrected chi connectivity index (χ0v) is 9.25. The van der Waals surface area contributed by atoms with Crippen LogP contribution in [0.15, 0.2) is 30.3 Å². The van der Waals surface area contributed by atoms with Crippen molar-refractivity contribution in [2.75, 3.05) is 13.6 Å². The van der Waals surface area contributed by atoms with Gasteiger partial charge in [-0.25, -0.2) is 0 Å². The van der Waals surface area contributed by atoms with E-state index in [1.54, 1.807) is 0 Å². The third-order valence-corrected chi connectivity index (χ3v) is 2.28. The van der Waals surface area contributed by atoms with Gasteiger partial charge in [-0.05, 0) is 12.6 Å². The summed E-state index contributed by atoms with van der Waals surface area (Å²) < 4.78 is 0. The second-order valence-electron chi connectivity index (χ2n) is 3.81. The van der Waals surface area contributed by atoms with E-state index in [-0.39, 0.29) is 0 Å². The molecule has 2 N–H and O–H groups in total. The quantitative estimate of drug-likeness (QED) is 0.745. The summed E-state index contributed by atoms with van der Waals surface area (Å²) in [5.41, 5.74) is 1.34. The first-order valence-corrected chi connectivity index (χ1v) is 5.19. The van der Waals surface area contributed by atoms with E-state index in [1.807, 2.05) is 13.1 Å². The van der Waals surface area contributed by atoms with Crippen LogP contribution in [0.25, 0.3) is 0 Å². The van der Waals surface area contributed by atoms with Gasteiger partial charge in [0.25, 0.3) is 0 Å². The topological polar surface area (TPSA) is 24.1 Å². The van der Waals surface area contributed by atoms with Crippen molar-refractivity contribution in [2.24, 2.45) is 0 Å². The van der Waals surface area contributed by atoms with Crippen molar-refractivity contribution >= 4 is 0 Å². The van der Waals surface area contributed by atoms with E-state index in [0.29, 0.717) is 12.1 Å². The Hall–Kier alpha value is -0.860. The minimum Gasteiger partial charge on any atom is -0.313 e. The van der Waals surface area contributed by atoms with Crippen LogP contribution in [0.4, 0.5) is 0 Å². The van der Waals surface area contributed by atoms with Crippen molar-refractivity contribution in [3.05, 3.63) is 35.9 Å². The van der Waals surface area contributed by atoms with E-state index < -0.39 is 0 Å². The normalized spacial score (nSPS) is 13.1. The van der Waals surface area contributed by atoms with Gasteiger partial charge in [-0.3, -0.25) is 0 Å². The Balaban J connectivity index is 2.54. The van der Waals surface area contributed by atoms with Gasteiger partial charge in [0.15, 0.2) is 0 Å². The highest BCUT2D eigenvalue weighted by atomic mass is 15.0. The molecule has 1 atom stereocenters. The highest BCUT2D eigenvalue weighted by Gasteiger charge is 2.07. The molecule has 1 aromatic rings. The fourth-order valence-electron chi connectivity index (χ4n) is 1.43. The summed E-state index contributed by atoms with van der Waals surface area (Å²) in [6.07, 6.45) is 0. The number of hydrogen-bond acceptors (Lipinski definition) is 2. The Morgan fingerprint density at radius 2 is 1.79 bits per heavy atom. The lowest BCUT2D eigenvalue weighted by Gasteiger charge is -2.18. The number of benzene rings is 1. The van der Waals surface area contributed by atoms with Crippen LogP contribution >= 0.6 is 0 Å². The molecule has 0 fully saturated rings. The van der Waals surface area contributed by atoms with Gasteiger partial charge in [-0.1, -0.05) is 44.2 Å². The van der Waals surface area contributed by atoms with Gasteiger partial charge in [0.1, 0.15) is 0 Å². The molecule has 0 aliphatic carbocycles. The molecule has 2 nitrogen and oxygen atoms in total. The van der Waals surface area contributed by atoms with Crippen LogP contribution < -0.4 is 10.6 Å². The fourth-order valence-corrected chi connectivity index (χ4v) is 1.43. The second kappa shape index (κ2) is 5.78. The standard InChI is InChI=1S/C12H20N2/c1-10(2)14-9-12(13-3)11-7-5-4-6-8-11/h4-8,10,12-14H,9H2,1-3H3/t12-/m1/s1. The third-order valence-electron chi connectivity index (χ3n) is 2.28. The van der Waals surface area contributed by atoms with Gasteiger partial charge < -0.3 is 10.6 Å². The molecule has 0 saturated carbocycles. The lowest BCUT2D eigenvalue weighted by Crippen LogP contribution is -2.33. The monoisotopic (exact) mass is 192 g/mol. The zero-order chi connectivity index (χ0) is 10.4. The molecule has 0 aliphatic heterocycles. The van der Waals surface area contributed by atoms with Crippen molar-refractivity contribution in [1.29, 1.82) is 0 Å². The summed E-state index contributed by atoms with van der Waals surface area (Å²) in [6.45, 7) is 5.30. The largest absolute Gasteiger partial charge is 0.313 e. The first kappa shape index (κ1) is 11.2. The first-order valence-electron chi connectivity index (χ1n) is 5.19. The highest BCUT2D eigenvalue weighted by molar-refractivity contribution is 5.19. The predicted molar refractivity (Wildman–Crippen MR) is 61.4 cm³/mol. The molecular formula is C12H20N2. The number of likely N-dealkylation sites (N-methyl/N-ethyl adjacent to an activating group) is 1. The summed E-state index contributed by atoms with van der Waals surface area (Å²) in [5.74, 6) is 0. The van der Waals surface area contributed by atoms with E-state index in [9.17, 15) is 0 Å². The summed E-state index contributed by atoms with van der Waals surface area (Å²) in [4.78, 5) is 0.